The lowest BCUT2D eigenvalue weighted by Crippen LogP contribution is -2.27. The summed E-state index contributed by atoms with van der Waals surface area (Å²) in [5.41, 5.74) is -0.384. The van der Waals surface area contributed by atoms with Crippen LogP contribution < -0.4 is 10.6 Å². The Kier molecular flexibility index (Phi) is 2.15. The average Bonchev–Trinajstić information content (AvgIpc) is 3.08. The van der Waals surface area contributed by atoms with Gasteiger partial charge in [0.1, 0.15) is 0 Å². The molecule has 1 heterocycles. The van der Waals surface area contributed by atoms with E-state index < -0.39 is 17.2 Å². The first-order valence-electron chi connectivity index (χ1n) is 5.67. The van der Waals surface area contributed by atoms with Gasteiger partial charge in [-0.1, -0.05) is 0 Å². The van der Waals surface area contributed by atoms with Gasteiger partial charge in [0.2, 0.25) is 5.91 Å². The number of nitrogens with one attached hydrogen (secondary N) is 2. The molecule has 6 heteroatoms. The molecule has 0 atom stereocenters. The molecule has 1 aromatic carbocycles. The zero-order valence-corrected chi connectivity index (χ0v) is 9.40. The van der Waals surface area contributed by atoms with Crippen molar-refractivity contribution in [2.75, 3.05) is 17.2 Å². The number of rotatable bonds is 0. The van der Waals surface area contributed by atoms with Crippen LogP contribution in [-0.2, 0) is 11.0 Å². The van der Waals surface area contributed by atoms with Crippen molar-refractivity contribution in [1.82, 2.24) is 0 Å². The number of benzene rings is 1. The van der Waals surface area contributed by atoms with E-state index in [9.17, 15) is 18.0 Å². The van der Waals surface area contributed by atoms with Crippen LogP contribution in [0.2, 0.25) is 0 Å². The van der Waals surface area contributed by atoms with E-state index in [0.717, 1.165) is 25.0 Å². The lowest BCUT2D eigenvalue weighted by molar-refractivity contribution is -0.137. The van der Waals surface area contributed by atoms with Crippen LogP contribution in [-0.4, -0.2) is 12.5 Å². The van der Waals surface area contributed by atoms with Crippen molar-refractivity contribution in [2.45, 2.75) is 19.0 Å². The van der Waals surface area contributed by atoms with Crippen molar-refractivity contribution < 1.29 is 18.0 Å². The molecular weight excluding hydrogens is 245 g/mol. The number of carbonyl (C=O) groups is 1. The maximum Gasteiger partial charge on any atom is 0.416 e. The molecule has 3 rings (SSSR count). The first kappa shape index (κ1) is 11.4. The summed E-state index contributed by atoms with van der Waals surface area (Å²) in [4.78, 5) is 11.9. The highest BCUT2D eigenvalue weighted by atomic mass is 19.4. The van der Waals surface area contributed by atoms with E-state index in [1.807, 2.05) is 0 Å². The van der Waals surface area contributed by atoms with Gasteiger partial charge in [-0.25, -0.2) is 0 Å². The topological polar surface area (TPSA) is 41.1 Å². The summed E-state index contributed by atoms with van der Waals surface area (Å²) < 4.78 is 37.8. The molecule has 1 aromatic rings. The molecule has 2 N–H and O–H groups in total. The average molecular weight is 256 g/mol. The minimum atomic E-state index is -4.37. The molecule has 3 nitrogen and oxygen atoms in total. The largest absolute Gasteiger partial charge is 0.416 e. The van der Waals surface area contributed by atoms with Gasteiger partial charge >= 0.3 is 6.18 Å². The molecule has 96 valence electrons. The number of carbonyl (C=O) groups excluding carboxylic acids is 1. The number of alkyl halides is 3. The summed E-state index contributed by atoms with van der Waals surface area (Å²) in [6.45, 7) is 0.396. The lowest BCUT2D eigenvalue weighted by Gasteiger charge is -2.12. The van der Waals surface area contributed by atoms with E-state index in [0.29, 0.717) is 17.9 Å². The number of halogens is 3. The Hall–Kier alpha value is -1.72. The van der Waals surface area contributed by atoms with Gasteiger partial charge in [0, 0.05) is 6.54 Å². The van der Waals surface area contributed by atoms with E-state index in [1.165, 1.54) is 6.07 Å². The molecule has 1 spiro atoms. The van der Waals surface area contributed by atoms with E-state index in [-0.39, 0.29) is 5.91 Å². The van der Waals surface area contributed by atoms with Crippen LogP contribution in [0.1, 0.15) is 18.4 Å². The summed E-state index contributed by atoms with van der Waals surface area (Å²) in [7, 11) is 0. The summed E-state index contributed by atoms with van der Waals surface area (Å²) in [5.74, 6) is -0.103. The third kappa shape index (κ3) is 1.72. The number of fused-ring (bicyclic) bond motifs is 1. The molecule has 1 fully saturated rings. The molecule has 18 heavy (non-hydrogen) atoms. The normalized spacial score (nSPS) is 20.7. The second kappa shape index (κ2) is 3.40. The number of amides is 1. The van der Waals surface area contributed by atoms with Gasteiger partial charge in [-0.2, -0.15) is 13.2 Å². The molecule has 0 radical (unpaired) electrons. The highest BCUT2D eigenvalue weighted by Gasteiger charge is 2.50. The Morgan fingerprint density at radius 3 is 2.50 bits per heavy atom. The van der Waals surface area contributed by atoms with Crippen molar-refractivity contribution in [3.63, 3.8) is 0 Å². The molecule has 1 aliphatic heterocycles. The van der Waals surface area contributed by atoms with Crippen LogP contribution in [0.5, 0.6) is 0 Å². The molecule has 1 saturated carbocycles. The smallest absolute Gasteiger partial charge is 0.382 e. The van der Waals surface area contributed by atoms with Crippen LogP contribution in [0.15, 0.2) is 18.2 Å². The van der Waals surface area contributed by atoms with Crippen molar-refractivity contribution in [2.24, 2.45) is 5.41 Å². The Labute approximate surface area is 101 Å². The van der Waals surface area contributed by atoms with Crippen molar-refractivity contribution >= 4 is 17.3 Å². The van der Waals surface area contributed by atoms with Gasteiger partial charge in [-0.05, 0) is 31.0 Å². The first-order valence-corrected chi connectivity index (χ1v) is 5.67. The molecule has 0 unspecified atom stereocenters. The second-order valence-electron chi connectivity index (χ2n) is 4.85. The predicted molar refractivity (Wildman–Crippen MR) is 60.2 cm³/mol. The Balaban J connectivity index is 1.97. The first-order chi connectivity index (χ1) is 8.41. The van der Waals surface area contributed by atoms with Crippen LogP contribution in [0.3, 0.4) is 0 Å². The van der Waals surface area contributed by atoms with Gasteiger partial charge in [0.25, 0.3) is 0 Å². The van der Waals surface area contributed by atoms with E-state index in [2.05, 4.69) is 10.6 Å². The standard InChI is InChI=1S/C12H11F3N2O/c13-12(14,15)7-1-2-8-9(5-7)16-6-11(3-4-11)10(18)17-8/h1-2,5,16H,3-4,6H2,(H,17,18). The molecule has 1 amide bonds. The Morgan fingerprint density at radius 2 is 1.89 bits per heavy atom. The second-order valence-corrected chi connectivity index (χ2v) is 4.85. The fraction of sp³-hybridized carbons (Fsp3) is 0.417. The Bertz CT molecular complexity index is 521. The summed E-state index contributed by atoms with van der Waals surface area (Å²) in [6.07, 6.45) is -2.80. The monoisotopic (exact) mass is 256 g/mol. The lowest BCUT2D eigenvalue weighted by atomic mass is 10.1. The van der Waals surface area contributed by atoms with Crippen LogP contribution >= 0.6 is 0 Å². The number of hydrogen-bond donors (Lipinski definition) is 2. The SMILES string of the molecule is O=C1Nc2ccc(C(F)(F)F)cc2NCC12CC2. The van der Waals surface area contributed by atoms with Crippen LogP contribution in [0, 0.1) is 5.41 Å². The van der Waals surface area contributed by atoms with Gasteiger partial charge in [0.05, 0.1) is 22.4 Å². The van der Waals surface area contributed by atoms with E-state index in [1.54, 1.807) is 0 Å². The van der Waals surface area contributed by atoms with Crippen molar-refractivity contribution in [1.29, 1.82) is 0 Å². The highest BCUT2D eigenvalue weighted by molar-refractivity contribution is 6.01. The zero-order valence-electron chi connectivity index (χ0n) is 9.40. The van der Waals surface area contributed by atoms with Gasteiger partial charge < -0.3 is 10.6 Å². The quantitative estimate of drug-likeness (QED) is 0.749. The third-order valence-corrected chi connectivity index (χ3v) is 3.55. The molecule has 1 aliphatic carbocycles. The summed E-state index contributed by atoms with van der Waals surface area (Å²) in [6, 6.07) is 3.31. The van der Waals surface area contributed by atoms with E-state index >= 15 is 0 Å². The van der Waals surface area contributed by atoms with Crippen molar-refractivity contribution in [3.05, 3.63) is 23.8 Å². The highest BCUT2D eigenvalue weighted by Crippen LogP contribution is 2.49. The molecular formula is C12H11F3N2O. The van der Waals surface area contributed by atoms with Gasteiger partial charge in [-0.3, -0.25) is 4.79 Å². The fourth-order valence-electron chi connectivity index (χ4n) is 2.13. The minimum absolute atomic E-state index is 0.103. The maximum absolute atomic E-state index is 12.6. The summed E-state index contributed by atoms with van der Waals surface area (Å²) >= 11 is 0. The zero-order chi connectivity index (χ0) is 13.0. The van der Waals surface area contributed by atoms with Crippen LogP contribution in [0.4, 0.5) is 24.5 Å². The third-order valence-electron chi connectivity index (χ3n) is 3.55. The van der Waals surface area contributed by atoms with Crippen molar-refractivity contribution in [3.8, 4) is 0 Å². The van der Waals surface area contributed by atoms with E-state index in [4.69, 9.17) is 0 Å². The van der Waals surface area contributed by atoms with Gasteiger partial charge in [0.15, 0.2) is 0 Å². The molecule has 0 bridgehead atoms. The van der Waals surface area contributed by atoms with Crippen LogP contribution in [0.25, 0.3) is 0 Å². The molecule has 0 saturated heterocycles. The maximum atomic E-state index is 12.6. The Morgan fingerprint density at radius 1 is 1.17 bits per heavy atom. The molecule has 0 aromatic heterocycles. The summed E-state index contributed by atoms with van der Waals surface area (Å²) in [5, 5.41) is 5.62. The molecule has 2 aliphatic rings. The van der Waals surface area contributed by atoms with Gasteiger partial charge in [-0.15, -0.1) is 0 Å². The minimum Gasteiger partial charge on any atom is -0.382 e. The fourth-order valence-corrected chi connectivity index (χ4v) is 2.13. The predicted octanol–water partition coefficient (Wildman–Crippen LogP) is 2.85. The number of anilines is 2. The number of hydrogen-bond acceptors (Lipinski definition) is 2.